The van der Waals surface area contributed by atoms with Gasteiger partial charge in [0, 0.05) is 11.7 Å². The third-order valence-electron chi connectivity index (χ3n) is 3.02. The van der Waals surface area contributed by atoms with Crippen LogP contribution in [0.3, 0.4) is 0 Å². The average Bonchev–Trinajstić information content (AvgIpc) is 2.32. The van der Waals surface area contributed by atoms with Crippen LogP contribution in [0.1, 0.15) is 25.0 Å². The van der Waals surface area contributed by atoms with Crippen molar-refractivity contribution in [2.45, 2.75) is 32.2 Å². The van der Waals surface area contributed by atoms with E-state index in [0.717, 1.165) is 31.5 Å². The Morgan fingerprint density at radius 2 is 2.28 bits per heavy atom. The summed E-state index contributed by atoms with van der Waals surface area (Å²) >= 11 is 0. The number of nitrogens with one attached hydrogen (secondary N) is 2. The molecule has 2 N–H and O–H groups in total. The van der Waals surface area contributed by atoms with E-state index in [-0.39, 0.29) is 11.8 Å². The van der Waals surface area contributed by atoms with Gasteiger partial charge in [0.2, 0.25) is 10.0 Å². The quantitative estimate of drug-likeness (QED) is 0.863. The minimum atomic E-state index is -3.30. The second-order valence-corrected chi connectivity index (χ2v) is 6.49. The Kier molecular flexibility index (Phi) is 4.19. The van der Waals surface area contributed by atoms with Gasteiger partial charge in [-0.05, 0) is 38.4 Å². The summed E-state index contributed by atoms with van der Waals surface area (Å²) in [5.74, 6) is 0.126. The van der Waals surface area contributed by atoms with Crippen LogP contribution in [0.4, 0.5) is 5.69 Å². The van der Waals surface area contributed by atoms with E-state index in [9.17, 15) is 8.42 Å². The summed E-state index contributed by atoms with van der Waals surface area (Å²) in [5, 5.41) is 3.24. The summed E-state index contributed by atoms with van der Waals surface area (Å²) in [4.78, 5) is 4.07. The molecule has 5 nitrogen and oxygen atoms in total. The summed E-state index contributed by atoms with van der Waals surface area (Å²) < 4.78 is 26.5. The first kappa shape index (κ1) is 13.3. The summed E-state index contributed by atoms with van der Waals surface area (Å²) in [6.07, 6.45) is 4.69. The van der Waals surface area contributed by atoms with Gasteiger partial charge in [0.05, 0.1) is 17.6 Å². The molecule has 2 heterocycles. The Balaban J connectivity index is 1.96. The zero-order valence-corrected chi connectivity index (χ0v) is 11.3. The second kappa shape index (κ2) is 5.67. The minimum absolute atomic E-state index is 0.0645. The zero-order chi connectivity index (χ0) is 13.0. The Hall–Kier alpha value is -1.14. The van der Waals surface area contributed by atoms with Crippen molar-refractivity contribution in [3.63, 3.8) is 0 Å². The van der Waals surface area contributed by atoms with Gasteiger partial charge in [0.1, 0.15) is 0 Å². The molecule has 1 aromatic rings. The number of nitrogens with zero attached hydrogens (tertiary/aromatic N) is 1. The first-order valence-corrected chi connectivity index (χ1v) is 7.87. The highest BCUT2D eigenvalue weighted by Crippen LogP contribution is 2.12. The molecule has 1 unspecified atom stereocenters. The maximum atomic E-state index is 12.0. The fraction of sp³-hybridized carbons (Fsp3) is 0.583. The Bertz CT molecular complexity index is 479. The van der Waals surface area contributed by atoms with Crippen LogP contribution in [-0.2, 0) is 10.0 Å². The van der Waals surface area contributed by atoms with Crippen LogP contribution >= 0.6 is 0 Å². The number of sulfonamides is 1. The van der Waals surface area contributed by atoms with E-state index in [0.29, 0.717) is 5.69 Å². The van der Waals surface area contributed by atoms with Gasteiger partial charge in [0.15, 0.2) is 0 Å². The van der Waals surface area contributed by atoms with Crippen LogP contribution in [0.25, 0.3) is 0 Å². The van der Waals surface area contributed by atoms with Crippen molar-refractivity contribution in [1.82, 2.24) is 10.3 Å². The highest BCUT2D eigenvalue weighted by atomic mass is 32.2. The molecule has 1 aliphatic heterocycles. The molecule has 0 aromatic carbocycles. The van der Waals surface area contributed by atoms with E-state index in [1.54, 1.807) is 18.3 Å². The summed E-state index contributed by atoms with van der Waals surface area (Å²) in [5.41, 5.74) is 1.39. The molecule has 6 heteroatoms. The zero-order valence-electron chi connectivity index (χ0n) is 10.5. The molecule has 100 valence electrons. The van der Waals surface area contributed by atoms with Crippen molar-refractivity contribution in [3.05, 3.63) is 24.0 Å². The number of piperidine rings is 1. The van der Waals surface area contributed by atoms with Gasteiger partial charge in [-0.1, -0.05) is 6.42 Å². The van der Waals surface area contributed by atoms with Gasteiger partial charge in [0.25, 0.3) is 0 Å². The third-order valence-corrected chi connectivity index (χ3v) is 4.41. The smallest absolute Gasteiger partial charge is 0.234 e. The van der Waals surface area contributed by atoms with Crippen LogP contribution in [0.15, 0.2) is 18.3 Å². The number of hydrogen-bond acceptors (Lipinski definition) is 4. The molecule has 1 aliphatic rings. The van der Waals surface area contributed by atoms with Gasteiger partial charge in [-0.15, -0.1) is 0 Å². The predicted octanol–water partition coefficient (Wildman–Crippen LogP) is 1.27. The van der Waals surface area contributed by atoms with Crippen molar-refractivity contribution in [2.24, 2.45) is 0 Å². The molecule has 1 saturated heterocycles. The molecule has 1 aromatic heterocycles. The second-order valence-electron chi connectivity index (χ2n) is 4.72. The van der Waals surface area contributed by atoms with Crippen molar-refractivity contribution >= 4 is 15.7 Å². The minimum Gasteiger partial charge on any atom is -0.313 e. The van der Waals surface area contributed by atoms with Crippen LogP contribution in [0.5, 0.6) is 0 Å². The first-order valence-electron chi connectivity index (χ1n) is 6.22. The highest BCUT2D eigenvalue weighted by Gasteiger charge is 2.20. The Morgan fingerprint density at radius 1 is 1.44 bits per heavy atom. The van der Waals surface area contributed by atoms with Gasteiger partial charge in [-0.3, -0.25) is 9.71 Å². The van der Waals surface area contributed by atoms with Crippen molar-refractivity contribution < 1.29 is 8.42 Å². The fourth-order valence-corrected chi connectivity index (χ4v) is 3.46. The predicted molar refractivity (Wildman–Crippen MR) is 72.0 cm³/mol. The molecule has 0 saturated carbocycles. The lowest BCUT2D eigenvalue weighted by atomic mass is 10.1. The number of hydrogen-bond donors (Lipinski definition) is 2. The standard InChI is InChI=1S/C12H19N3O2S/c1-10-5-6-11(8-14-10)15-18(16,17)9-12-4-2-3-7-13-12/h5-6,8,12-13,15H,2-4,7,9H2,1H3. The van der Waals surface area contributed by atoms with E-state index in [4.69, 9.17) is 0 Å². The van der Waals surface area contributed by atoms with Gasteiger partial charge in [-0.2, -0.15) is 0 Å². The normalized spacial score (nSPS) is 20.6. The van der Waals surface area contributed by atoms with E-state index in [2.05, 4.69) is 15.0 Å². The fourth-order valence-electron chi connectivity index (χ4n) is 2.08. The SMILES string of the molecule is Cc1ccc(NS(=O)(=O)CC2CCCCN2)cn1. The molecule has 0 radical (unpaired) electrons. The average molecular weight is 269 g/mol. The van der Waals surface area contributed by atoms with Crippen molar-refractivity contribution in [2.75, 3.05) is 17.0 Å². The molecule has 0 amide bonds. The van der Waals surface area contributed by atoms with E-state index < -0.39 is 10.0 Å². The maximum Gasteiger partial charge on any atom is 0.234 e. The van der Waals surface area contributed by atoms with Gasteiger partial charge >= 0.3 is 0 Å². The lowest BCUT2D eigenvalue weighted by molar-refractivity contribution is 0.424. The van der Waals surface area contributed by atoms with E-state index >= 15 is 0 Å². The molecule has 0 spiro atoms. The Labute approximate surface area is 108 Å². The van der Waals surface area contributed by atoms with E-state index in [1.807, 2.05) is 6.92 Å². The highest BCUT2D eigenvalue weighted by molar-refractivity contribution is 7.92. The van der Waals surface area contributed by atoms with E-state index in [1.165, 1.54) is 0 Å². The van der Waals surface area contributed by atoms with Crippen LogP contribution in [0.2, 0.25) is 0 Å². The topological polar surface area (TPSA) is 71.1 Å². The monoisotopic (exact) mass is 269 g/mol. The number of aromatic nitrogens is 1. The molecule has 2 rings (SSSR count). The molecular formula is C12H19N3O2S. The Morgan fingerprint density at radius 3 is 2.89 bits per heavy atom. The van der Waals surface area contributed by atoms with Gasteiger partial charge < -0.3 is 5.32 Å². The molecule has 0 bridgehead atoms. The number of anilines is 1. The lowest BCUT2D eigenvalue weighted by Crippen LogP contribution is -2.40. The number of rotatable bonds is 4. The van der Waals surface area contributed by atoms with Crippen LogP contribution < -0.4 is 10.0 Å². The largest absolute Gasteiger partial charge is 0.313 e. The first-order chi connectivity index (χ1) is 8.55. The van der Waals surface area contributed by atoms with Crippen molar-refractivity contribution in [1.29, 1.82) is 0 Å². The number of aryl methyl sites for hydroxylation is 1. The molecule has 18 heavy (non-hydrogen) atoms. The molecule has 0 aliphatic carbocycles. The summed E-state index contributed by atoms with van der Waals surface area (Å²) in [7, 11) is -3.30. The molecule has 1 fully saturated rings. The van der Waals surface area contributed by atoms with Gasteiger partial charge in [-0.25, -0.2) is 8.42 Å². The maximum absolute atomic E-state index is 12.0. The van der Waals surface area contributed by atoms with Crippen molar-refractivity contribution in [3.8, 4) is 0 Å². The van der Waals surface area contributed by atoms with Crippen LogP contribution in [-0.4, -0.2) is 31.7 Å². The third kappa shape index (κ3) is 3.96. The summed E-state index contributed by atoms with van der Waals surface area (Å²) in [6.45, 7) is 2.77. The van der Waals surface area contributed by atoms with Crippen LogP contribution in [0, 0.1) is 6.92 Å². The number of pyridine rings is 1. The molecular weight excluding hydrogens is 250 g/mol. The summed E-state index contributed by atoms with van der Waals surface area (Å²) in [6, 6.07) is 3.58. The molecule has 1 atom stereocenters. The lowest BCUT2D eigenvalue weighted by Gasteiger charge is -2.23.